The molecule has 3 N–H and O–H groups in total. The van der Waals surface area contributed by atoms with E-state index < -0.39 is 0 Å². The van der Waals surface area contributed by atoms with Crippen molar-refractivity contribution in [1.82, 2.24) is 9.97 Å². The van der Waals surface area contributed by atoms with E-state index in [1.807, 2.05) is 6.92 Å². The molecule has 0 unspecified atom stereocenters. The Labute approximate surface area is 53.2 Å². The van der Waals surface area contributed by atoms with Gasteiger partial charge in [0.2, 0.25) is 11.6 Å². The van der Waals surface area contributed by atoms with Crippen LogP contribution in [0.25, 0.3) is 0 Å². The summed E-state index contributed by atoms with van der Waals surface area (Å²) in [5, 5.41) is 0. The Kier molecular flexibility index (Phi) is 1.30. The average molecular weight is 125 g/mol. The number of H-pyrrole nitrogens is 1. The first kappa shape index (κ1) is 5.94. The highest BCUT2D eigenvalue weighted by Gasteiger charge is 2.00. The monoisotopic (exact) mass is 125 g/mol. The molecular weight excluding hydrogens is 116 g/mol. The zero-order valence-electron chi connectivity index (χ0n) is 5.47. The van der Waals surface area contributed by atoms with Crippen LogP contribution in [-0.2, 0) is 0 Å². The van der Waals surface area contributed by atoms with E-state index in [0.29, 0.717) is 11.8 Å². The van der Waals surface area contributed by atoms with E-state index in [9.17, 15) is 0 Å². The van der Waals surface area contributed by atoms with Crippen molar-refractivity contribution in [1.29, 1.82) is 0 Å². The first-order chi connectivity index (χ1) is 4.18. The molecular formula is C5H9N4+. The first-order valence-corrected chi connectivity index (χ1v) is 2.68. The maximum atomic E-state index is 5.35. The SMILES string of the molecule is Cc1nc(C)[nH+]c(N)n1. The molecule has 1 aromatic heterocycles. The van der Waals surface area contributed by atoms with E-state index in [-0.39, 0.29) is 0 Å². The largest absolute Gasteiger partial charge is 0.345 e. The minimum Gasteiger partial charge on any atom is -0.308 e. The van der Waals surface area contributed by atoms with Crippen LogP contribution in [0.3, 0.4) is 0 Å². The van der Waals surface area contributed by atoms with Gasteiger partial charge in [-0.25, -0.2) is 4.98 Å². The smallest absolute Gasteiger partial charge is 0.308 e. The lowest BCUT2D eigenvalue weighted by molar-refractivity contribution is -0.379. The molecule has 0 fully saturated rings. The van der Waals surface area contributed by atoms with Gasteiger partial charge in [0, 0.05) is 13.8 Å². The fraction of sp³-hybridized carbons (Fsp3) is 0.400. The quantitative estimate of drug-likeness (QED) is 0.507. The number of nitrogens with zero attached hydrogens (tertiary/aromatic N) is 2. The van der Waals surface area contributed by atoms with Crippen LogP contribution in [0.1, 0.15) is 11.6 Å². The van der Waals surface area contributed by atoms with Gasteiger partial charge in [0.1, 0.15) is 0 Å². The van der Waals surface area contributed by atoms with E-state index in [1.54, 1.807) is 6.92 Å². The second kappa shape index (κ2) is 1.97. The molecule has 0 bridgehead atoms. The van der Waals surface area contributed by atoms with Gasteiger partial charge in [0.05, 0.1) is 0 Å². The van der Waals surface area contributed by atoms with Crippen molar-refractivity contribution in [2.24, 2.45) is 0 Å². The Balaban J connectivity index is 3.17. The second-order valence-corrected chi connectivity index (χ2v) is 1.87. The molecule has 0 radical (unpaired) electrons. The van der Waals surface area contributed by atoms with E-state index >= 15 is 0 Å². The van der Waals surface area contributed by atoms with E-state index in [2.05, 4.69) is 15.0 Å². The molecule has 0 saturated carbocycles. The molecule has 4 nitrogen and oxygen atoms in total. The normalized spacial score (nSPS) is 9.56. The zero-order valence-corrected chi connectivity index (χ0v) is 5.47. The van der Waals surface area contributed by atoms with Crippen molar-refractivity contribution in [2.45, 2.75) is 13.8 Å². The summed E-state index contributed by atoms with van der Waals surface area (Å²) in [6, 6.07) is 0. The maximum absolute atomic E-state index is 5.35. The summed E-state index contributed by atoms with van der Waals surface area (Å²) >= 11 is 0. The summed E-state index contributed by atoms with van der Waals surface area (Å²) in [6.45, 7) is 3.64. The highest BCUT2D eigenvalue weighted by atomic mass is 15.1. The molecule has 0 aliphatic heterocycles. The molecule has 0 spiro atoms. The number of aromatic nitrogens is 3. The van der Waals surface area contributed by atoms with Gasteiger partial charge in [0.25, 0.3) is 0 Å². The van der Waals surface area contributed by atoms with E-state index in [4.69, 9.17) is 5.73 Å². The maximum Gasteiger partial charge on any atom is 0.345 e. The summed E-state index contributed by atoms with van der Waals surface area (Å²) in [5.41, 5.74) is 5.35. The predicted molar refractivity (Wildman–Crippen MR) is 32.5 cm³/mol. The van der Waals surface area contributed by atoms with Crippen LogP contribution in [0.15, 0.2) is 0 Å². The van der Waals surface area contributed by atoms with Crippen LogP contribution in [0.2, 0.25) is 0 Å². The molecule has 0 aliphatic carbocycles. The number of nitrogens with two attached hydrogens (primary N) is 1. The summed E-state index contributed by atoms with van der Waals surface area (Å²) in [6.07, 6.45) is 0. The van der Waals surface area contributed by atoms with Crippen molar-refractivity contribution in [2.75, 3.05) is 5.73 Å². The number of aryl methyl sites for hydroxylation is 2. The number of rotatable bonds is 0. The Hall–Kier alpha value is -1.19. The summed E-state index contributed by atoms with van der Waals surface area (Å²) in [4.78, 5) is 10.6. The molecule has 1 heterocycles. The first-order valence-electron chi connectivity index (χ1n) is 2.68. The third-order valence-corrected chi connectivity index (χ3v) is 0.921. The minimum atomic E-state index is 0.417. The van der Waals surface area contributed by atoms with Crippen LogP contribution in [0.4, 0.5) is 5.95 Å². The standard InChI is InChI=1S/C5H8N4/c1-3-7-4(2)9-5(6)8-3/h1-2H3,(H2,6,7,8,9)/p+1. The topological polar surface area (TPSA) is 65.9 Å². The molecule has 0 saturated heterocycles. The Bertz CT molecular complexity index is 170. The number of anilines is 1. The second-order valence-electron chi connectivity index (χ2n) is 1.87. The summed E-state index contributed by atoms with van der Waals surface area (Å²) in [7, 11) is 0. The number of hydrogen-bond donors (Lipinski definition) is 1. The lowest BCUT2D eigenvalue weighted by Crippen LogP contribution is -2.18. The van der Waals surface area contributed by atoms with Gasteiger partial charge in [0.15, 0.2) is 0 Å². The third kappa shape index (κ3) is 1.35. The molecule has 0 atom stereocenters. The lowest BCUT2D eigenvalue weighted by atomic mass is 10.6. The van der Waals surface area contributed by atoms with Gasteiger partial charge in [-0.15, -0.1) is 4.98 Å². The minimum absolute atomic E-state index is 0.417. The summed E-state index contributed by atoms with van der Waals surface area (Å²) < 4.78 is 0. The fourth-order valence-electron chi connectivity index (χ4n) is 0.683. The molecule has 4 heteroatoms. The van der Waals surface area contributed by atoms with Crippen molar-refractivity contribution >= 4 is 5.95 Å². The van der Waals surface area contributed by atoms with Crippen LogP contribution in [0.5, 0.6) is 0 Å². The van der Waals surface area contributed by atoms with E-state index in [0.717, 1.165) is 5.82 Å². The fourth-order valence-corrected chi connectivity index (χ4v) is 0.683. The predicted octanol–water partition coefficient (Wildman–Crippen LogP) is -0.510. The van der Waals surface area contributed by atoms with Crippen LogP contribution < -0.4 is 10.7 Å². The van der Waals surface area contributed by atoms with Crippen molar-refractivity contribution in [3.05, 3.63) is 11.6 Å². The van der Waals surface area contributed by atoms with Gasteiger partial charge >= 0.3 is 5.95 Å². The van der Waals surface area contributed by atoms with Crippen molar-refractivity contribution in [3.8, 4) is 0 Å². The molecule has 9 heavy (non-hydrogen) atoms. The van der Waals surface area contributed by atoms with E-state index in [1.165, 1.54) is 0 Å². The number of hydrogen-bond acceptors (Lipinski definition) is 3. The number of aromatic amines is 1. The molecule has 0 aliphatic rings. The molecule has 0 amide bonds. The Morgan fingerprint density at radius 3 is 2.44 bits per heavy atom. The zero-order chi connectivity index (χ0) is 6.85. The lowest BCUT2D eigenvalue weighted by Gasteiger charge is -1.86. The van der Waals surface area contributed by atoms with Gasteiger partial charge in [-0.05, 0) is 0 Å². The third-order valence-electron chi connectivity index (χ3n) is 0.921. The van der Waals surface area contributed by atoms with Crippen LogP contribution in [0, 0.1) is 13.8 Å². The Morgan fingerprint density at radius 2 is 2.00 bits per heavy atom. The average Bonchev–Trinajstić information content (AvgIpc) is 1.59. The molecule has 1 aromatic rings. The molecule has 0 aromatic carbocycles. The summed E-state index contributed by atoms with van der Waals surface area (Å²) in [5.74, 6) is 1.91. The highest BCUT2D eigenvalue weighted by molar-refractivity contribution is 5.04. The van der Waals surface area contributed by atoms with Gasteiger partial charge in [-0.1, -0.05) is 4.98 Å². The van der Waals surface area contributed by atoms with Crippen molar-refractivity contribution < 1.29 is 4.98 Å². The van der Waals surface area contributed by atoms with Gasteiger partial charge < -0.3 is 5.73 Å². The van der Waals surface area contributed by atoms with Crippen LogP contribution >= 0.6 is 0 Å². The van der Waals surface area contributed by atoms with Crippen molar-refractivity contribution in [3.63, 3.8) is 0 Å². The van der Waals surface area contributed by atoms with Gasteiger partial charge in [-0.2, -0.15) is 0 Å². The number of nitrogens with one attached hydrogen (secondary N) is 1. The number of nitrogen functional groups attached to an aromatic ring is 1. The van der Waals surface area contributed by atoms with Crippen LogP contribution in [-0.4, -0.2) is 9.97 Å². The Morgan fingerprint density at radius 1 is 1.33 bits per heavy atom. The molecule has 1 rings (SSSR count). The molecule has 48 valence electrons. The highest BCUT2D eigenvalue weighted by Crippen LogP contribution is 1.86. The van der Waals surface area contributed by atoms with Gasteiger partial charge in [-0.3, -0.25) is 0 Å².